The molecular weight excluding hydrogens is 556 g/mol. The molecule has 0 aromatic heterocycles. The van der Waals surface area contributed by atoms with Gasteiger partial charge in [-0.2, -0.15) is 5.10 Å². The van der Waals surface area contributed by atoms with Crippen LogP contribution in [0.3, 0.4) is 0 Å². The van der Waals surface area contributed by atoms with Gasteiger partial charge in [-0.05, 0) is 99.5 Å². The van der Waals surface area contributed by atoms with Gasteiger partial charge in [0.05, 0.1) is 19.4 Å². The number of ether oxygens (including phenoxy) is 2. The van der Waals surface area contributed by atoms with E-state index in [4.69, 9.17) is 9.47 Å². The van der Waals surface area contributed by atoms with Crippen LogP contribution < -0.4 is 20.1 Å². The van der Waals surface area contributed by atoms with Crippen molar-refractivity contribution in [3.63, 3.8) is 0 Å². The SMILES string of the molecule is CCOc1cc(C2=NN(C(=O)c3ccc(NC(=O)c4cccc(NC(=O)c5ccc(C)cc5)c4)cc3)CCC2)ccc1OC. The molecule has 0 bridgehead atoms. The van der Waals surface area contributed by atoms with Crippen molar-refractivity contribution in [3.8, 4) is 11.5 Å². The Morgan fingerprint density at radius 2 is 1.50 bits per heavy atom. The number of methoxy groups -OCH3 is 1. The molecule has 0 spiro atoms. The summed E-state index contributed by atoms with van der Waals surface area (Å²) in [5, 5.41) is 11.8. The molecule has 1 heterocycles. The van der Waals surface area contributed by atoms with E-state index >= 15 is 0 Å². The Morgan fingerprint density at radius 1 is 0.795 bits per heavy atom. The predicted octanol–water partition coefficient (Wildman–Crippen LogP) is 6.55. The minimum atomic E-state index is -0.341. The molecule has 1 aliphatic heterocycles. The maximum Gasteiger partial charge on any atom is 0.273 e. The third-order valence-corrected chi connectivity index (χ3v) is 7.14. The number of carbonyl (C=O) groups excluding carboxylic acids is 3. The van der Waals surface area contributed by atoms with Crippen molar-refractivity contribution >= 4 is 34.8 Å². The van der Waals surface area contributed by atoms with Crippen molar-refractivity contribution in [2.45, 2.75) is 26.7 Å². The average molecular weight is 591 g/mol. The number of carbonyl (C=O) groups is 3. The first-order valence-electron chi connectivity index (χ1n) is 14.4. The molecule has 9 heteroatoms. The van der Waals surface area contributed by atoms with Gasteiger partial charge >= 0.3 is 0 Å². The zero-order valence-corrected chi connectivity index (χ0v) is 24.9. The first kappa shape index (κ1) is 30.0. The molecule has 4 aromatic carbocycles. The molecule has 0 unspecified atom stereocenters. The number of hydrazone groups is 1. The second-order valence-electron chi connectivity index (χ2n) is 10.3. The highest BCUT2D eigenvalue weighted by Crippen LogP contribution is 2.30. The highest BCUT2D eigenvalue weighted by atomic mass is 16.5. The van der Waals surface area contributed by atoms with Crippen LogP contribution in [-0.2, 0) is 0 Å². The Bertz CT molecular complexity index is 1700. The van der Waals surface area contributed by atoms with Crippen LogP contribution in [-0.4, -0.2) is 48.7 Å². The molecule has 224 valence electrons. The smallest absolute Gasteiger partial charge is 0.273 e. The van der Waals surface area contributed by atoms with E-state index in [1.54, 1.807) is 67.8 Å². The minimum Gasteiger partial charge on any atom is -0.493 e. The lowest BCUT2D eigenvalue weighted by atomic mass is 10.0. The van der Waals surface area contributed by atoms with E-state index in [-0.39, 0.29) is 17.7 Å². The molecule has 0 radical (unpaired) electrons. The lowest BCUT2D eigenvalue weighted by molar-refractivity contribution is 0.0751. The van der Waals surface area contributed by atoms with E-state index in [1.807, 2.05) is 44.2 Å². The molecule has 0 saturated heterocycles. The van der Waals surface area contributed by atoms with Crippen molar-refractivity contribution in [2.75, 3.05) is 30.9 Å². The molecule has 0 fully saturated rings. The second kappa shape index (κ2) is 13.7. The molecule has 0 atom stereocenters. The summed E-state index contributed by atoms with van der Waals surface area (Å²) in [6.45, 7) is 4.88. The highest BCUT2D eigenvalue weighted by molar-refractivity contribution is 6.08. The number of hydrogen-bond acceptors (Lipinski definition) is 6. The number of nitrogens with zero attached hydrogens (tertiary/aromatic N) is 2. The maximum absolute atomic E-state index is 13.3. The van der Waals surface area contributed by atoms with Crippen molar-refractivity contribution < 1.29 is 23.9 Å². The largest absolute Gasteiger partial charge is 0.493 e. The van der Waals surface area contributed by atoms with E-state index in [0.29, 0.717) is 52.7 Å². The molecule has 2 N–H and O–H groups in total. The summed E-state index contributed by atoms with van der Waals surface area (Å²) in [5.41, 5.74) is 5.15. The summed E-state index contributed by atoms with van der Waals surface area (Å²) < 4.78 is 11.1. The van der Waals surface area contributed by atoms with Crippen molar-refractivity contribution in [2.24, 2.45) is 5.10 Å². The Labute approximate surface area is 256 Å². The van der Waals surface area contributed by atoms with Gasteiger partial charge in [-0.25, -0.2) is 5.01 Å². The first-order chi connectivity index (χ1) is 21.3. The molecule has 0 aliphatic carbocycles. The monoisotopic (exact) mass is 590 g/mol. The van der Waals surface area contributed by atoms with Crippen LogP contribution >= 0.6 is 0 Å². The Morgan fingerprint density at radius 3 is 2.23 bits per heavy atom. The number of amides is 3. The maximum atomic E-state index is 13.3. The molecule has 0 saturated carbocycles. The Kier molecular flexibility index (Phi) is 9.34. The van der Waals surface area contributed by atoms with Gasteiger partial charge < -0.3 is 20.1 Å². The highest BCUT2D eigenvalue weighted by Gasteiger charge is 2.22. The minimum absolute atomic E-state index is 0.226. The van der Waals surface area contributed by atoms with Gasteiger partial charge in [0.2, 0.25) is 0 Å². The molecule has 5 rings (SSSR count). The molecular formula is C35H34N4O5. The predicted molar refractivity (Wildman–Crippen MR) is 171 cm³/mol. The fraction of sp³-hybridized carbons (Fsp3) is 0.200. The number of aryl methyl sites for hydroxylation is 1. The van der Waals surface area contributed by atoms with Crippen molar-refractivity contribution in [1.29, 1.82) is 0 Å². The lowest BCUT2D eigenvalue weighted by Crippen LogP contribution is -2.32. The van der Waals surface area contributed by atoms with Crippen LogP contribution in [0.25, 0.3) is 0 Å². The first-order valence-corrected chi connectivity index (χ1v) is 14.4. The van der Waals surface area contributed by atoms with E-state index in [0.717, 1.165) is 29.7 Å². The Balaban J connectivity index is 1.23. The summed E-state index contributed by atoms with van der Waals surface area (Å²) in [6, 6.07) is 26.3. The van der Waals surface area contributed by atoms with Crippen molar-refractivity contribution in [1.82, 2.24) is 5.01 Å². The zero-order chi connectivity index (χ0) is 31.1. The fourth-order valence-electron chi connectivity index (χ4n) is 4.81. The third kappa shape index (κ3) is 7.12. The summed E-state index contributed by atoms with van der Waals surface area (Å²) in [7, 11) is 1.60. The topological polar surface area (TPSA) is 109 Å². The van der Waals surface area contributed by atoms with Crippen LogP contribution in [0.1, 0.15) is 62.0 Å². The van der Waals surface area contributed by atoms with Gasteiger partial charge in [0, 0.05) is 40.2 Å². The van der Waals surface area contributed by atoms with E-state index < -0.39 is 0 Å². The van der Waals surface area contributed by atoms with Gasteiger partial charge in [0.25, 0.3) is 17.7 Å². The Hall–Kier alpha value is -5.44. The fourth-order valence-corrected chi connectivity index (χ4v) is 4.81. The quantitative estimate of drug-likeness (QED) is 0.230. The van der Waals surface area contributed by atoms with Crippen LogP contribution in [0.15, 0.2) is 96.1 Å². The summed E-state index contributed by atoms with van der Waals surface area (Å²) in [5.74, 6) is 0.453. The number of hydrogen-bond donors (Lipinski definition) is 2. The second-order valence-corrected chi connectivity index (χ2v) is 10.3. The standard InChI is InChI=1S/C35H34N4O5/c1-4-44-32-22-26(16-19-31(32)43-3)30-9-6-20-39(38-30)35(42)25-14-17-28(18-15-25)36-34(41)27-7-5-8-29(21-27)37-33(40)24-12-10-23(2)11-13-24/h5,7-8,10-19,21-22H,4,6,9,20H2,1-3H3,(H,36,41)(H,37,40). The van der Waals surface area contributed by atoms with Gasteiger partial charge in [-0.15, -0.1) is 0 Å². The normalized spacial score (nSPS) is 12.6. The average Bonchev–Trinajstić information content (AvgIpc) is 3.05. The van der Waals surface area contributed by atoms with Gasteiger partial charge in [-0.3, -0.25) is 14.4 Å². The number of benzene rings is 4. The van der Waals surface area contributed by atoms with Gasteiger partial charge in [-0.1, -0.05) is 23.8 Å². The van der Waals surface area contributed by atoms with E-state index in [9.17, 15) is 14.4 Å². The van der Waals surface area contributed by atoms with E-state index in [1.165, 1.54) is 5.01 Å². The lowest BCUT2D eigenvalue weighted by Gasteiger charge is -2.24. The molecule has 3 amide bonds. The molecule has 4 aromatic rings. The van der Waals surface area contributed by atoms with E-state index in [2.05, 4.69) is 15.7 Å². The van der Waals surface area contributed by atoms with Crippen LogP contribution in [0, 0.1) is 6.92 Å². The number of nitrogens with one attached hydrogen (secondary N) is 2. The van der Waals surface area contributed by atoms with Gasteiger partial charge in [0.1, 0.15) is 0 Å². The van der Waals surface area contributed by atoms with Crippen LogP contribution in [0.4, 0.5) is 11.4 Å². The number of anilines is 2. The summed E-state index contributed by atoms with van der Waals surface area (Å²) in [6.07, 6.45) is 1.52. The number of rotatable bonds is 9. The summed E-state index contributed by atoms with van der Waals surface area (Å²) >= 11 is 0. The van der Waals surface area contributed by atoms with Gasteiger partial charge in [0.15, 0.2) is 11.5 Å². The van der Waals surface area contributed by atoms with Crippen molar-refractivity contribution in [3.05, 3.63) is 119 Å². The molecule has 1 aliphatic rings. The third-order valence-electron chi connectivity index (χ3n) is 7.14. The van der Waals surface area contributed by atoms with Crippen LogP contribution in [0.5, 0.6) is 11.5 Å². The summed E-state index contributed by atoms with van der Waals surface area (Å²) in [4.78, 5) is 38.9. The van der Waals surface area contributed by atoms with Crippen LogP contribution in [0.2, 0.25) is 0 Å². The zero-order valence-electron chi connectivity index (χ0n) is 24.9. The molecule has 44 heavy (non-hydrogen) atoms. The molecule has 9 nitrogen and oxygen atoms in total.